The van der Waals surface area contributed by atoms with Gasteiger partial charge in [0.15, 0.2) is 5.11 Å². The number of nitrogens with zero attached hydrogens (tertiary/aromatic N) is 2. The van der Waals surface area contributed by atoms with Gasteiger partial charge in [-0.05, 0) is 30.4 Å². The monoisotopic (exact) mass is 244 g/mol. The number of fused-ring (bicyclic) bond motifs is 1. The highest BCUT2D eigenvalue weighted by Crippen LogP contribution is 2.15. The van der Waals surface area contributed by atoms with Crippen molar-refractivity contribution in [3.05, 3.63) is 43.4 Å². The van der Waals surface area contributed by atoms with Gasteiger partial charge in [0, 0.05) is 23.8 Å². The van der Waals surface area contributed by atoms with Crippen LogP contribution >= 0.6 is 12.2 Å². The SMILES string of the molecule is C=CCNC(=S)Nc1ccc2ncncc2c1. The van der Waals surface area contributed by atoms with Crippen LogP contribution in [-0.4, -0.2) is 21.6 Å². The van der Waals surface area contributed by atoms with Crippen molar-refractivity contribution >= 4 is 33.9 Å². The summed E-state index contributed by atoms with van der Waals surface area (Å²) < 4.78 is 0. The summed E-state index contributed by atoms with van der Waals surface area (Å²) in [6.07, 6.45) is 5.06. The number of nitrogens with one attached hydrogen (secondary N) is 2. The van der Waals surface area contributed by atoms with Crippen LogP contribution in [0.2, 0.25) is 0 Å². The third kappa shape index (κ3) is 2.98. The number of benzene rings is 1. The van der Waals surface area contributed by atoms with Crippen LogP contribution in [0.4, 0.5) is 5.69 Å². The fourth-order valence-electron chi connectivity index (χ4n) is 1.40. The maximum Gasteiger partial charge on any atom is 0.171 e. The molecule has 5 heteroatoms. The first-order valence-corrected chi connectivity index (χ1v) is 5.56. The van der Waals surface area contributed by atoms with Crippen molar-refractivity contribution < 1.29 is 0 Å². The van der Waals surface area contributed by atoms with Crippen LogP contribution in [0.25, 0.3) is 10.9 Å². The molecule has 86 valence electrons. The van der Waals surface area contributed by atoms with E-state index in [-0.39, 0.29) is 0 Å². The summed E-state index contributed by atoms with van der Waals surface area (Å²) in [6, 6.07) is 5.81. The number of anilines is 1. The lowest BCUT2D eigenvalue weighted by Gasteiger charge is -2.09. The molecule has 1 aromatic heterocycles. The fraction of sp³-hybridized carbons (Fsp3) is 0.0833. The minimum absolute atomic E-state index is 0.570. The lowest BCUT2D eigenvalue weighted by atomic mass is 10.2. The van der Waals surface area contributed by atoms with Crippen molar-refractivity contribution in [2.24, 2.45) is 0 Å². The number of thiocarbonyl (C=S) groups is 1. The molecule has 0 saturated heterocycles. The van der Waals surface area contributed by atoms with Crippen molar-refractivity contribution in [2.45, 2.75) is 0 Å². The Balaban J connectivity index is 2.13. The molecule has 0 bridgehead atoms. The van der Waals surface area contributed by atoms with Crippen LogP contribution in [0.1, 0.15) is 0 Å². The molecule has 0 fully saturated rings. The molecule has 1 aromatic carbocycles. The standard InChI is InChI=1S/C12H12N4S/c1-2-5-14-12(17)16-10-3-4-11-9(6-10)7-13-8-15-11/h2-4,6-8H,1,5H2,(H2,14,16,17). The van der Waals surface area contributed by atoms with Crippen molar-refractivity contribution in [3.8, 4) is 0 Å². The topological polar surface area (TPSA) is 49.8 Å². The van der Waals surface area contributed by atoms with E-state index in [0.29, 0.717) is 11.7 Å². The molecule has 0 aliphatic rings. The number of rotatable bonds is 3. The van der Waals surface area contributed by atoms with Gasteiger partial charge in [0.1, 0.15) is 6.33 Å². The third-order valence-corrected chi connectivity index (χ3v) is 2.42. The number of hydrogen-bond donors (Lipinski definition) is 2. The van der Waals surface area contributed by atoms with Crippen LogP contribution in [0.15, 0.2) is 43.4 Å². The summed E-state index contributed by atoms with van der Waals surface area (Å²) in [7, 11) is 0. The first-order valence-electron chi connectivity index (χ1n) is 5.15. The maximum atomic E-state index is 5.12. The zero-order valence-electron chi connectivity index (χ0n) is 9.18. The van der Waals surface area contributed by atoms with E-state index in [9.17, 15) is 0 Å². The number of hydrogen-bond acceptors (Lipinski definition) is 3. The van der Waals surface area contributed by atoms with E-state index in [1.54, 1.807) is 12.3 Å². The molecule has 2 aromatic rings. The van der Waals surface area contributed by atoms with Crippen LogP contribution in [-0.2, 0) is 0 Å². The van der Waals surface area contributed by atoms with E-state index in [1.165, 1.54) is 6.33 Å². The van der Waals surface area contributed by atoms with Gasteiger partial charge in [0.2, 0.25) is 0 Å². The molecule has 1 heterocycles. The summed E-state index contributed by atoms with van der Waals surface area (Å²) in [5.74, 6) is 0. The lowest BCUT2D eigenvalue weighted by Crippen LogP contribution is -2.28. The Morgan fingerprint density at radius 1 is 1.47 bits per heavy atom. The first kappa shape index (κ1) is 11.5. The average molecular weight is 244 g/mol. The van der Waals surface area contributed by atoms with Crippen LogP contribution in [0.5, 0.6) is 0 Å². The number of aromatic nitrogens is 2. The smallest absolute Gasteiger partial charge is 0.171 e. The Labute approximate surface area is 105 Å². The van der Waals surface area contributed by atoms with Gasteiger partial charge >= 0.3 is 0 Å². The molecule has 0 amide bonds. The average Bonchev–Trinajstić information content (AvgIpc) is 2.36. The summed E-state index contributed by atoms with van der Waals surface area (Å²) >= 11 is 5.12. The lowest BCUT2D eigenvalue weighted by molar-refractivity contribution is 1.06. The molecule has 0 radical (unpaired) electrons. The molecular formula is C12H12N4S. The Hall–Kier alpha value is -2.01. The molecule has 0 unspecified atom stereocenters. The van der Waals surface area contributed by atoms with E-state index in [4.69, 9.17) is 12.2 Å². The minimum atomic E-state index is 0.570. The molecular weight excluding hydrogens is 232 g/mol. The molecule has 2 N–H and O–H groups in total. The summed E-state index contributed by atoms with van der Waals surface area (Å²) in [5, 5.41) is 7.63. The van der Waals surface area contributed by atoms with Crippen LogP contribution in [0.3, 0.4) is 0 Å². The van der Waals surface area contributed by atoms with E-state index in [2.05, 4.69) is 27.2 Å². The third-order valence-electron chi connectivity index (χ3n) is 2.17. The quantitative estimate of drug-likeness (QED) is 0.639. The highest BCUT2D eigenvalue weighted by molar-refractivity contribution is 7.80. The normalized spacial score (nSPS) is 9.88. The van der Waals surface area contributed by atoms with E-state index >= 15 is 0 Å². The molecule has 0 spiro atoms. The zero-order chi connectivity index (χ0) is 12.1. The molecule has 2 rings (SSSR count). The van der Waals surface area contributed by atoms with E-state index in [1.807, 2.05) is 18.2 Å². The molecule has 4 nitrogen and oxygen atoms in total. The van der Waals surface area contributed by atoms with Crippen LogP contribution in [0, 0.1) is 0 Å². The van der Waals surface area contributed by atoms with Gasteiger partial charge in [-0.15, -0.1) is 6.58 Å². The van der Waals surface area contributed by atoms with Crippen molar-refractivity contribution in [2.75, 3.05) is 11.9 Å². The second-order valence-electron chi connectivity index (χ2n) is 3.42. The van der Waals surface area contributed by atoms with E-state index in [0.717, 1.165) is 16.6 Å². The predicted octanol–water partition coefficient (Wildman–Crippen LogP) is 2.10. The molecule has 0 saturated carbocycles. The molecule has 0 aliphatic carbocycles. The van der Waals surface area contributed by atoms with Gasteiger partial charge in [-0.25, -0.2) is 9.97 Å². The Morgan fingerprint density at radius 2 is 2.35 bits per heavy atom. The highest BCUT2D eigenvalue weighted by atomic mass is 32.1. The zero-order valence-corrected chi connectivity index (χ0v) is 10.00. The second-order valence-corrected chi connectivity index (χ2v) is 3.83. The molecule has 0 atom stereocenters. The van der Waals surface area contributed by atoms with Crippen molar-refractivity contribution in [3.63, 3.8) is 0 Å². The molecule has 17 heavy (non-hydrogen) atoms. The Kier molecular flexibility index (Phi) is 3.62. The second kappa shape index (κ2) is 5.36. The van der Waals surface area contributed by atoms with E-state index < -0.39 is 0 Å². The summed E-state index contributed by atoms with van der Waals surface area (Å²) in [5.41, 5.74) is 1.82. The van der Waals surface area contributed by atoms with Gasteiger partial charge < -0.3 is 10.6 Å². The van der Waals surface area contributed by atoms with Gasteiger partial charge in [0.05, 0.1) is 5.52 Å². The van der Waals surface area contributed by atoms with Crippen molar-refractivity contribution in [1.29, 1.82) is 0 Å². The van der Waals surface area contributed by atoms with Gasteiger partial charge in [0.25, 0.3) is 0 Å². The fourth-order valence-corrected chi connectivity index (χ4v) is 1.60. The summed E-state index contributed by atoms with van der Waals surface area (Å²) in [6.45, 7) is 4.26. The maximum absolute atomic E-state index is 5.12. The van der Waals surface area contributed by atoms with Crippen LogP contribution < -0.4 is 10.6 Å². The molecule has 0 aliphatic heterocycles. The largest absolute Gasteiger partial charge is 0.359 e. The van der Waals surface area contributed by atoms with Gasteiger partial charge in [-0.1, -0.05) is 6.08 Å². The summed E-state index contributed by atoms with van der Waals surface area (Å²) in [4.78, 5) is 8.13. The highest BCUT2D eigenvalue weighted by Gasteiger charge is 1.99. The Morgan fingerprint density at radius 3 is 3.18 bits per heavy atom. The Bertz CT molecular complexity index is 553. The van der Waals surface area contributed by atoms with Crippen molar-refractivity contribution in [1.82, 2.24) is 15.3 Å². The minimum Gasteiger partial charge on any atom is -0.359 e. The predicted molar refractivity (Wildman–Crippen MR) is 74.0 cm³/mol. The van der Waals surface area contributed by atoms with Gasteiger partial charge in [-0.2, -0.15) is 0 Å². The van der Waals surface area contributed by atoms with Gasteiger partial charge in [-0.3, -0.25) is 0 Å². The first-order chi connectivity index (χ1) is 8.29.